The van der Waals surface area contributed by atoms with Crippen molar-refractivity contribution in [2.24, 2.45) is 11.3 Å². The van der Waals surface area contributed by atoms with E-state index < -0.39 is 5.41 Å². The van der Waals surface area contributed by atoms with Crippen LogP contribution in [0, 0.1) is 11.3 Å². The first-order valence-electron chi connectivity index (χ1n) is 10.1. The van der Waals surface area contributed by atoms with Gasteiger partial charge in [0.05, 0.1) is 0 Å². The second kappa shape index (κ2) is 9.38. The normalized spacial score (nSPS) is 19.3. The molecule has 0 saturated carbocycles. The molecule has 0 radical (unpaired) electrons. The minimum Gasteiger partial charge on any atom is -0.356 e. The van der Waals surface area contributed by atoms with Crippen LogP contribution in [0.3, 0.4) is 0 Å². The molecule has 0 aromatic heterocycles. The van der Waals surface area contributed by atoms with Gasteiger partial charge in [-0.25, -0.2) is 0 Å². The van der Waals surface area contributed by atoms with Gasteiger partial charge in [-0.1, -0.05) is 20.8 Å². The smallest absolute Gasteiger partial charge is 0.225 e. The molecule has 0 aliphatic carbocycles. The molecule has 2 saturated heterocycles. The average molecular weight is 366 g/mol. The third kappa shape index (κ3) is 5.99. The maximum absolute atomic E-state index is 12.6. The van der Waals surface area contributed by atoms with Crippen LogP contribution in [0.15, 0.2) is 0 Å². The standard InChI is InChI=1S/C20H35N3O3/c1-20(2,3)19(26)21-11-7-8-17(24)22-14-9-16(10-15-22)18(25)23-12-5-4-6-13-23/h16H,4-15H2,1-3H3,(H,21,26). The summed E-state index contributed by atoms with van der Waals surface area (Å²) in [6.45, 7) is 9.33. The van der Waals surface area contributed by atoms with Gasteiger partial charge in [-0.2, -0.15) is 0 Å². The van der Waals surface area contributed by atoms with Crippen molar-refractivity contribution in [3.8, 4) is 0 Å². The molecule has 3 amide bonds. The molecule has 1 N–H and O–H groups in total. The first-order chi connectivity index (χ1) is 12.3. The van der Waals surface area contributed by atoms with Gasteiger partial charge in [-0.3, -0.25) is 14.4 Å². The van der Waals surface area contributed by atoms with Crippen LogP contribution in [0.25, 0.3) is 0 Å². The highest BCUT2D eigenvalue weighted by Crippen LogP contribution is 2.22. The first-order valence-corrected chi connectivity index (χ1v) is 10.1. The van der Waals surface area contributed by atoms with Crippen LogP contribution in [-0.2, 0) is 14.4 Å². The number of hydrogen-bond donors (Lipinski definition) is 1. The van der Waals surface area contributed by atoms with Crippen LogP contribution < -0.4 is 5.32 Å². The van der Waals surface area contributed by atoms with Gasteiger partial charge in [0.25, 0.3) is 0 Å². The monoisotopic (exact) mass is 365 g/mol. The van der Waals surface area contributed by atoms with E-state index >= 15 is 0 Å². The van der Waals surface area contributed by atoms with Gasteiger partial charge in [0, 0.05) is 50.5 Å². The van der Waals surface area contributed by atoms with E-state index in [1.165, 1.54) is 6.42 Å². The fraction of sp³-hybridized carbons (Fsp3) is 0.850. The van der Waals surface area contributed by atoms with Crippen molar-refractivity contribution in [3.05, 3.63) is 0 Å². The molecule has 6 heteroatoms. The summed E-state index contributed by atoms with van der Waals surface area (Å²) < 4.78 is 0. The lowest BCUT2D eigenvalue weighted by atomic mass is 9.94. The number of nitrogens with zero attached hydrogens (tertiary/aromatic N) is 2. The van der Waals surface area contributed by atoms with Crippen LogP contribution in [-0.4, -0.2) is 60.2 Å². The Morgan fingerprint density at radius 2 is 1.54 bits per heavy atom. The van der Waals surface area contributed by atoms with Crippen molar-refractivity contribution in [1.82, 2.24) is 15.1 Å². The van der Waals surface area contributed by atoms with Gasteiger partial charge in [0.2, 0.25) is 17.7 Å². The lowest BCUT2D eigenvalue weighted by Crippen LogP contribution is -2.45. The van der Waals surface area contributed by atoms with Crippen molar-refractivity contribution in [2.45, 2.75) is 65.7 Å². The van der Waals surface area contributed by atoms with E-state index in [2.05, 4.69) is 5.32 Å². The molecule has 2 rings (SSSR count). The molecule has 0 bridgehead atoms. The minimum atomic E-state index is -0.396. The lowest BCUT2D eigenvalue weighted by molar-refractivity contribution is -0.141. The van der Waals surface area contributed by atoms with Gasteiger partial charge in [-0.05, 0) is 38.5 Å². The van der Waals surface area contributed by atoms with Gasteiger partial charge in [0.1, 0.15) is 0 Å². The van der Waals surface area contributed by atoms with Crippen molar-refractivity contribution in [3.63, 3.8) is 0 Å². The minimum absolute atomic E-state index is 0.0157. The number of likely N-dealkylation sites (tertiary alicyclic amines) is 2. The predicted molar refractivity (Wildman–Crippen MR) is 101 cm³/mol. The van der Waals surface area contributed by atoms with Crippen LogP contribution >= 0.6 is 0 Å². The van der Waals surface area contributed by atoms with Crippen LogP contribution in [0.5, 0.6) is 0 Å². The third-order valence-corrected chi connectivity index (χ3v) is 5.40. The number of carbonyl (C=O) groups is 3. The summed E-state index contributed by atoms with van der Waals surface area (Å²) >= 11 is 0. The molecule has 6 nitrogen and oxygen atoms in total. The largest absolute Gasteiger partial charge is 0.356 e. The zero-order valence-electron chi connectivity index (χ0n) is 16.7. The Hall–Kier alpha value is -1.59. The van der Waals surface area contributed by atoms with E-state index in [4.69, 9.17) is 0 Å². The molecule has 26 heavy (non-hydrogen) atoms. The van der Waals surface area contributed by atoms with Gasteiger partial charge >= 0.3 is 0 Å². The Morgan fingerprint density at radius 3 is 2.12 bits per heavy atom. The number of nitrogens with one attached hydrogen (secondary N) is 1. The highest BCUT2D eigenvalue weighted by molar-refractivity contribution is 5.81. The molecular weight excluding hydrogens is 330 g/mol. The molecule has 2 fully saturated rings. The van der Waals surface area contributed by atoms with E-state index in [0.29, 0.717) is 38.4 Å². The van der Waals surface area contributed by atoms with E-state index in [-0.39, 0.29) is 17.7 Å². The van der Waals surface area contributed by atoms with Crippen molar-refractivity contribution in [1.29, 1.82) is 0 Å². The van der Waals surface area contributed by atoms with Crippen LogP contribution in [0.1, 0.15) is 65.7 Å². The summed E-state index contributed by atoms with van der Waals surface area (Å²) in [7, 11) is 0. The SMILES string of the molecule is CC(C)(C)C(=O)NCCCC(=O)N1CCC(C(=O)N2CCCCC2)CC1. The first kappa shape index (κ1) is 20.7. The summed E-state index contributed by atoms with van der Waals surface area (Å²) in [6.07, 6.45) is 6.14. The zero-order valence-corrected chi connectivity index (χ0v) is 16.7. The quantitative estimate of drug-likeness (QED) is 0.759. The highest BCUT2D eigenvalue weighted by Gasteiger charge is 2.30. The Balaban J connectivity index is 1.65. The lowest BCUT2D eigenvalue weighted by Gasteiger charge is -2.35. The second-order valence-electron chi connectivity index (χ2n) is 8.65. The number of carbonyl (C=O) groups excluding carboxylic acids is 3. The number of rotatable bonds is 5. The molecular formula is C20H35N3O3. The Labute approximate surface area is 157 Å². The van der Waals surface area contributed by atoms with Gasteiger partial charge in [0.15, 0.2) is 0 Å². The second-order valence-corrected chi connectivity index (χ2v) is 8.65. The van der Waals surface area contributed by atoms with E-state index in [1.54, 1.807) is 0 Å². The average Bonchev–Trinajstić information content (AvgIpc) is 2.64. The van der Waals surface area contributed by atoms with Crippen molar-refractivity contribution < 1.29 is 14.4 Å². The molecule has 0 aromatic carbocycles. The molecule has 0 unspecified atom stereocenters. The summed E-state index contributed by atoms with van der Waals surface area (Å²) in [6, 6.07) is 0. The van der Waals surface area contributed by atoms with Crippen molar-refractivity contribution in [2.75, 3.05) is 32.7 Å². The summed E-state index contributed by atoms with van der Waals surface area (Å²) in [5.41, 5.74) is -0.396. The molecule has 2 aliphatic rings. The fourth-order valence-corrected chi connectivity index (χ4v) is 3.61. The van der Waals surface area contributed by atoms with Gasteiger partial charge < -0.3 is 15.1 Å². The third-order valence-electron chi connectivity index (χ3n) is 5.40. The molecule has 0 atom stereocenters. The van der Waals surface area contributed by atoms with Crippen molar-refractivity contribution >= 4 is 17.7 Å². The molecule has 148 valence electrons. The van der Waals surface area contributed by atoms with E-state index in [0.717, 1.165) is 38.8 Å². The Kier molecular flexibility index (Phi) is 7.47. The maximum Gasteiger partial charge on any atom is 0.225 e. The molecule has 2 heterocycles. The summed E-state index contributed by atoms with van der Waals surface area (Å²) in [5, 5.41) is 2.88. The van der Waals surface area contributed by atoms with Crippen LogP contribution in [0.4, 0.5) is 0 Å². The molecule has 0 spiro atoms. The highest BCUT2D eigenvalue weighted by atomic mass is 16.2. The van der Waals surface area contributed by atoms with E-state index in [1.807, 2.05) is 30.6 Å². The number of hydrogen-bond acceptors (Lipinski definition) is 3. The summed E-state index contributed by atoms with van der Waals surface area (Å²) in [4.78, 5) is 40.6. The van der Waals surface area contributed by atoms with E-state index in [9.17, 15) is 14.4 Å². The predicted octanol–water partition coefficient (Wildman–Crippen LogP) is 2.18. The summed E-state index contributed by atoms with van der Waals surface area (Å²) in [5.74, 6) is 0.533. The number of amides is 3. The molecule has 0 aromatic rings. The zero-order chi connectivity index (χ0) is 19.2. The Morgan fingerprint density at radius 1 is 0.923 bits per heavy atom. The topological polar surface area (TPSA) is 69.7 Å². The van der Waals surface area contributed by atoms with Crippen LogP contribution in [0.2, 0.25) is 0 Å². The Bertz CT molecular complexity index is 499. The maximum atomic E-state index is 12.6. The fourth-order valence-electron chi connectivity index (χ4n) is 3.61. The number of piperidine rings is 2. The molecule has 2 aliphatic heterocycles. The van der Waals surface area contributed by atoms with Gasteiger partial charge in [-0.15, -0.1) is 0 Å².